The Kier molecular flexibility index (Phi) is 4.12. The molecule has 1 aliphatic rings. The van der Waals surface area contributed by atoms with Gasteiger partial charge in [-0.15, -0.1) is 0 Å². The lowest BCUT2D eigenvalue weighted by atomic mass is 9.84. The molecule has 0 spiro atoms. The Morgan fingerprint density at radius 1 is 0.469 bits per heavy atom. The van der Waals surface area contributed by atoms with E-state index in [2.05, 4.69) is 91.0 Å². The minimum atomic E-state index is 0.245. The van der Waals surface area contributed by atoms with Crippen molar-refractivity contribution in [2.75, 3.05) is 0 Å². The lowest BCUT2D eigenvalue weighted by molar-refractivity contribution is 1.49. The van der Waals surface area contributed by atoms with E-state index in [9.17, 15) is 0 Å². The molecule has 0 fully saturated rings. The third-order valence-electron chi connectivity index (χ3n) is 6.28. The van der Waals surface area contributed by atoms with Crippen LogP contribution in [0.15, 0.2) is 109 Å². The molecule has 5 aromatic carbocycles. The molecule has 0 amide bonds. The van der Waals surface area contributed by atoms with E-state index in [1.54, 1.807) is 6.08 Å². The lowest BCUT2D eigenvalue weighted by Crippen LogP contribution is -2.10. The first-order valence-electron chi connectivity index (χ1n) is 10.7. The van der Waals surface area contributed by atoms with Gasteiger partial charge in [0.25, 0.3) is 0 Å². The fourth-order valence-corrected chi connectivity index (χ4v) is 4.80. The van der Waals surface area contributed by atoms with Crippen LogP contribution in [0, 0.1) is 10.8 Å². The number of benzene rings is 5. The van der Waals surface area contributed by atoms with Crippen LogP contribution in [0.4, 0.5) is 0 Å². The molecule has 0 radical (unpaired) electrons. The zero-order valence-corrected chi connectivity index (χ0v) is 17.4. The van der Waals surface area contributed by atoms with E-state index in [0.717, 1.165) is 21.9 Å². The van der Waals surface area contributed by atoms with Gasteiger partial charge in [-0.25, -0.2) is 0 Å². The Hall–Kier alpha value is -4.30. The van der Waals surface area contributed by atoms with Crippen molar-refractivity contribution >= 4 is 49.3 Å². The van der Waals surface area contributed by atoms with Crippen LogP contribution in [0.1, 0.15) is 5.56 Å². The predicted molar refractivity (Wildman–Crippen MR) is 137 cm³/mol. The molecule has 0 aliphatic heterocycles. The number of nitrogens with one attached hydrogen (secondary N) is 2. The normalized spacial score (nSPS) is 13.8. The Labute approximate surface area is 186 Å². The van der Waals surface area contributed by atoms with Gasteiger partial charge >= 0.3 is 0 Å². The van der Waals surface area contributed by atoms with Gasteiger partial charge in [0.2, 0.25) is 0 Å². The first-order valence-corrected chi connectivity index (χ1v) is 10.7. The Bertz CT molecular complexity index is 1590. The molecule has 150 valence electrons. The van der Waals surface area contributed by atoms with Crippen LogP contribution >= 0.6 is 0 Å². The molecule has 2 heteroatoms. The number of fused-ring (bicyclic) bond motifs is 3. The first kappa shape index (κ1) is 18.5. The second-order valence-electron chi connectivity index (χ2n) is 8.16. The summed E-state index contributed by atoms with van der Waals surface area (Å²) in [7, 11) is 0. The fraction of sp³-hybridized carbons (Fsp3) is 0. The predicted octanol–water partition coefficient (Wildman–Crippen LogP) is 7.81. The Morgan fingerprint density at radius 3 is 1.66 bits per heavy atom. The maximum absolute atomic E-state index is 8.19. The molecule has 0 heterocycles. The highest BCUT2D eigenvalue weighted by atomic mass is 14.5. The second-order valence-corrected chi connectivity index (χ2v) is 8.16. The van der Waals surface area contributed by atoms with Crippen LogP contribution in [0.5, 0.6) is 0 Å². The fourth-order valence-electron chi connectivity index (χ4n) is 4.80. The molecule has 0 atom stereocenters. The van der Waals surface area contributed by atoms with Crippen molar-refractivity contribution < 1.29 is 0 Å². The van der Waals surface area contributed by atoms with Gasteiger partial charge in [-0.05, 0) is 72.8 Å². The number of rotatable bonds is 2. The van der Waals surface area contributed by atoms with Crippen molar-refractivity contribution in [2.24, 2.45) is 0 Å². The molecule has 32 heavy (non-hydrogen) atoms. The van der Waals surface area contributed by atoms with E-state index in [4.69, 9.17) is 10.8 Å². The summed E-state index contributed by atoms with van der Waals surface area (Å²) in [5.41, 5.74) is 5.02. The SMILES string of the molecule is N=C1C=CC(c2c3ccccc3c(-c3ccc4ccccc4c3)c3ccccc23)=CC1=N. The molecule has 2 nitrogen and oxygen atoms in total. The van der Waals surface area contributed by atoms with Gasteiger partial charge in [0.15, 0.2) is 0 Å². The molecule has 0 saturated heterocycles. The van der Waals surface area contributed by atoms with Crippen LogP contribution in [-0.2, 0) is 0 Å². The van der Waals surface area contributed by atoms with Crippen LogP contribution in [0.3, 0.4) is 0 Å². The molecule has 5 aromatic rings. The van der Waals surface area contributed by atoms with Crippen LogP contribution in [0.2, 0.25) is 0 Å². The summed E-state index contributed by atoms with van der Waals surface area (Å²) >= 11 is 0. The summed E-state index contributed by atoms with van der Waals surface area (Å²) in [6, 6.07) is 32.2. The average Bonchev–Trinajstić information content (AvgIpc) is 2.84. The highest BCUT2D eigenvalue weighted by molar-refractivity contribution is 6.50. The van der Waals surface area contributed by atoms with Crippen molar-refractivity contribution in [2.45, 2.75) is 0 Å². The van der Waals surface area contributed by atoms with Gasteiger partial charge in [-0.2, -0.15) is 0 Å². The molecular weight excluding hydrogens is 388 g/mol. The van der Waals surface area contributed by atoms with Gasteiger partial charge in [0.1, 0.15) is 0 Å². The van der Waals surface area contributed by atoms with Crippen molar-refractivity contribution in [1.82, 2.24) is 0 Å². The van der Waals surface area contributed by atoms with Crippen LogP contribution in [0.25, 0.3) is 49.0 Å². The molecule has 0 saturated carbocycles. The summed E-state index contributed by atoms with van der Waals surface area (Å²) in [5.74, 6) is 0. The van der Waals surface area contributed by atoms with Gasteiger partial charge in [0.05, 0.1) is 11.4 Å². The molecule has 2 N–H and O–H groups in total. The standard InChI is InChI=1S/C30H20N2/c31-27-16-15-22(18-28(27)32)30-25-11-5-3-9-23(25)29(24-10-4-6-12-26(24)30)21-14-13-19-7-1-2-8-20(19)17-21/h1-18,31-32H. The Balaban J connectivity index is 1.74. The molecule has 0 bridgehead atoms. The summed E-state index contributed by atoms with van der Waals surface area (Å²) in [6.07, 6.45) is 5.50. The van der Waals surface area contributed by atoms with Crippen molar-refractivity contribution in [3.8, 4) is 11.1 Å². The summed E-state index contributed by atoms with van der Waals surface area (Å²) in [5, 5.41) is 23.3. The van der Waals surface area contributed by atoms with E-state index in [0.29, 0.717) is 0 Å². The monoisotopic (exact) mass is 408 g/mol. The maximum atomic E-state index is 8.19. The van der Waals surface area contributed by atoms with E-state index in [1.807, 2.05) is 12.2 Å². The zero-order chi connectivity index (χ0) is 21.7. The topological polar surface area (TPSA) is 47.7 Å². The van der Waals surface area contributed by atoms with E-state index in [1.165, 1.54) is 32.7 Å². The first-order chi connectivity index (χ1) is 15.7. The molecule has 6 rings (SSSR count). The minimum Gasteiger partial charge on any atom is -0.299 e. The van der Waals surface area contributed by atoms with Crippen LogP contribution in [-0.4, -0.2) is 11.4 Å². The third-order valence-corrected chi connectivity index (χ3v) is 6.28. The number of allylic oxidation sites excluding steroid dienone is 4. The smallest absolute Gasteiger partial charge is 0.0795 e. The minimum absolute atomic E-state index is 0.245. The Morgan fingerprint density at radius 2 is 1.03 bits per heavy atom. The van der Waals surface area contributed by atoms with Crippen LogP contribution < -0.4 is 0 Å². The average molecular weight is 409 g/mol. The lowest BCUT2D eigenvalue weighted by Gasteiger charge is -2.19. The maximum Gasteiger partial charge on any atom is 0.0795 e. The second kappa shape index (κ2) is 7.14. The molecule has 1 aliphatic carbocycles. The van der Waals surface area contributed by atoms with Gasteiger partial charge in [0, 0.05) is 0 Å². The van der Waals surface area contributed by atoms with E-state index in [-0.39, 0.29) is 11.4 Å². The van der Waals surface area contributed by atoms with E-state index < -0.39 is 0 Å². The third kappa shape index (κ3) is 2.81. The zero-order valence-electron chi connectivity index (χ0n) is 17.4. The van der Waals surface area contributed by atoms with Crippen molar-refractivity contribution in [1.29, 1.82) is 10.8 Å². The summed E-state index contributed by atoms with van der Waals surface area (Å²) in [4.78, 5) is 0. The van der Waals surface area contributed by atoms with Gasteiger partial charge in [-0.1, -0.05) is 91.0 Å². The van der Waals surface area contributed by atoms with Gasteiger partial charge < -0.3 is 0 Å². The van der Waals surface area contributed by atoms with Gasteiger partial charge in [-0.3, -0.25) is 10.8 Å². The highest BCUT2D eigenvalue weighted by Crippen LogP contribution is 2.42. The number of hydrogen-bond acceptors (Lipinski definition) is 2. The van der Waals surface area contributed by atoms with Crippen molar-refractivity contribution in [3.05, 3.63) is 115 Å². The van der Waals surface area contributed by atoms with E-state index >= 15 is 0 Å². The summed E-state index contributed by atoms with van der Waals surface area (Å²) in [6.45, 7) is 0. The summed E-state index contributed by atoms with van der Waals surface area (Å²) < 4.78 is 0. The molecule has 0 unspecified atom stereocenters. The highest BCUT2D eigenvalue weighted by Gasteiger charge is 2.18. The number of hydrogen-bond donors (Lipinski definition) is 2. The molecule has 0 aromatic heterocycles. The van der Waals surface area contributed by atoms with Crippen molar-refractivity contribution in [3.63, 3.8) is 0 Å². The quantitative estimate of drug-likeness (QED) is 0.221. The molecular formula is C30H20N2. The largest absolute Gasteiger partial charge is 0.299 e.